The molecule has 1 rings (SSSR count). The van der Waals surface area contributed by atoms with E-state index in [4.69, 9.17) is 0 Å². The van der Waals surface area contributed by atoms with Crippen molar-refractivity contribution in [3.8, 4) is 5.75 Å². The van der Waals surface area contributed by atoms with Crippen molar-refractivity contribution in [2.75, 3.05) is 18.1 Å². The molecule has 1 N–H and O–H groups in total. The Morgan fingerprint density at radius 1 is 1.25 bits per heavy atom. The molecule has 0 aromatic heterocycles. The van der Waals surface area contributed by atoms with Gasteiger partial charge in [0.15, 0.2) is 0 Å². The van der Waals surface area contributed by atoms with E-state index in [9.17, 15) is 13.2 Å². The molecule has 2 nitrogen and oxygen atoms in total. The van der Waals surface area contributed by atoms with Crippen molar-refractivity contribution in [1.29, 1.82) is 0 Å². The molecule has 6 heteroatoms. The van der Waals surface area contributed by atoms with E-state index in [1.807, 2.05) is 6.92 Å². The topological polar surface area (TPSA) is 21.3 Å². The molecule has 0 amide bonds. The molecular weight excluding hydrogens is 287 g/mol. The van der Waals surface area contributed by atoms with Gasteiger partial charge in [0.1, 0.15) is 5.75 Å². The van der Waals surface area contributed by atoms with Gasteiger partial charge in [-0.3, -0.25) is 0 Å². The van der Waals surface area contributed by atoms with Crippen LogP contribution in [0.2, 0.25) is 0 Å². The highest BCUT2D eigenvalue weighted by Gasteiger charge is 2.32. The molecule has 0 radical (unpaired) electrons. The molecular formula is C14H20F3NOS. The monoisotopic (exact) mass is 307 g/mol. The number of nitrogens with one attached hydrogen (secondary N) is 1. The number of para-hydroxylation sites is 1. The predicted octanol–water partition coefficient (Wildman–Crippen LogP) is 4.38. The number of hydrogen-bond acceptors (Lipinski definition) is 3. The van der Waals surface area contributed by atoms with E-state index in [0.29, 0.717) is 12.1 Å². The van der Waals surface area contributed by atoms with Gasteiger partial charge >= 0.3 is 6.36 Å². The van der Waals surface area contributed by atoms with Crippen molar-refractivity contribution in [1.82, 2.24) is 5.32 Å². The number of halogens is 3. The summed E-state index contributed by atoms with van der Waals surface area (Å²) >= 11 is 1.72. The second kappa shape index (κ2) is 8.42. The third-order valence-corrected chi connectivity index (χ3v) is 3.87. The van der Waals surface area contributed by atoms with Gasteiger partial charge in [0.05, 0.1) is 0 Å². The Labute approximate surface area is 122 Å². The molecule has 0 spiro atoms. The van der Waals surface area contributed by atoms with Crippen LogP contribution in [0.25, 0.3) is 0 Å². The average molecular weight is 307 g/mol. The molecule has 1 unspecified atom stereocenters. The molecule has 20 heavy (non-hydrogen) atoms. The van der Waals surface area contributed by atoms with Gasteiger partial charge in [-0.05, 0) is 24.8 Å². The van der Waals surface area contributed by atoms with E-state index in [-0.39, 0.29) is 11.8 Å². The molecule has 0 heterocycles. The van der Waals surface area contributed by atoms with Crippen LogP contribution >= 0.6 is 11.8 Å². The minimum Gasteiger partial charge on any atom is -0.405 e. The molecule has 0 bridgehead atoms. The smallest absolute Gasteiger partial charge is 0.405 e. The Morgan fingerprint density at radius 2 is 1.95 bits per heavy atom. The fourth-order valence-electron chi connectivity index (χ4n) is 1.84. The number of benzene rings is 1. The van der Waals surface area contributed by atoms with E-state index in [1.165, 1.54) is 6.07 Å². The summed E-state index contributed by atoms with van der Waals surface area (Å²) in [5.41, 5.74) is 0.551. The van der Waals surface area contributed by atoms with Crippen molar-refractivity contribution < 1.29 is 17.9 Å². The molecule has 0 fully saturated rings. The second-order valence-electron chi connectivity index (χ2n) is 4.27. The summed E-state index contributed by atoms with van der Waals surface area (Å²) in [5.74, 6) is 1.59. The summed E-state index contributed by atoms with van der Waals surface area (Å²) in [6.45, 7) is 4.71. The van der Waals surface area contributed by atoms with E-state index in [1.54, 1.807) is 30.0 Å². The zero-order valence-electron chi connectivity index (χ0n) is 11.7. The first-order valence-corrected chi connectivity index (χ1v) is 7.79. The highest BCUT2D eigenvalue weighted by Crippen LogP contribution is 2.31. The van der Waals surface area contributed by atoms with Gasteiger partial charge < -0.3 is 10.1 Å². The van der Waals surface area contributed by atoms with Crippen molar-refractivity contribution in [2.24, 2.45) is 0 Å². The van der Waals surface area contributed by atoms with Gasteiger partial charge in [0.2, 0.25) is 0 Å². The third-order valence-electron chi connectivity index (χ3n) is 2.60. The molecule has 0 aliphatic heterocycles. The van der Waals surface area contributed by atoms with Gasteiger partial charge in [-0.15, -0.1) is 13.2 Å². The largest absolute Gasteiger partial charge is 0.573 e. The fraction of sp³-hybridized carbons (Fsp3) is 0.571. The lowest BCUT2D eigenvalue weighted by molar-refractivity contribution is -0.275. The van der Waals surface area contributed by atoms with Gasteiger partial charge in [0.25, 0.3) is 0 Å². The van der Waals surface area contributed by atoms with E-state index >= 15 is 0 Å². The first-order valence-electron chi connectivity index (χ1n) is 6.63. The molecule has 0 saturated heterocycles. The SMILES string of the molecule is CCCSCC(NCC)c1ccccc1OC(F)(F)F. The normalized spacial score (nSPS) is 13.2. The first-order chi connectivity index (χ1) is 9.48. The summed E-state index contributed by atoms with van der Waals surface area (Å²) in [7, 11) is 0. The van der Waals surface area contributed by atoms with E-state index < -0.39 is 6.36 Å². The standard InChI is InChI=1S/C14H20F3NOS/c1-3-9-20-10-12(18-4-2)11-7-5-6-8-13(11)19-14(15,16)17/h5-8,12,18H,3-4,9-10H2,1-2H3. The number of hydrogen-bond donors (Lipinski definition) is 1. The third kappa shape index (κ3) is 6.05. The first kappa shape index (κ1) is 17.2. The fourth-order valence-corrected chi connectivity index (χ4v) is 2.83. The predicted molar refractivity (Wildman–Crippen MR) is 77.2 cm³/mol. The van der Waals surface area contributed by atoms with Crippen LogP contribution in [0.5, 0.6) is 5.75 Å². The molecule has 114 valence electrons. The Kier molecular flexibility index (Phi) is 7.23. The number of thioether (sulfide) groups is 1. The summed E-state index contributed by atoms with van der Waals surface area (Å²) in [6.07, 6.45) is -3.62. The van der Waals surface area contributed by atoms with Gasteiger partial charge in [0, 0.05) is 17.4 Å². The number of rotatable bonds is 8. The average Bonchev–Trinajstić information content (AvgIpc) is 2.37. The number of ether oxygens (including phenoxy) is 1. The molecule has 0 saturated carbocycles. The maximum atomic E-state index is 12.4. The highest BCUT2D eigenvalue weighted by atomic mass is 32.2. The summed E-state index contributed by atoms with van der Waals surface area (Å²) in [4.78, 5) is 0. The maximum absolute atomic E-state index is 12.4. The van der Waals surface area contributed by atoms with Crippen molar-refractivity contribution in [3.05, 3.63) is 29.8 Å². The summed E-state index contributed by atoms with van der Waals surface area (Å²) in [5, 5.41) is 3.22. The minimum atomic E-state index is -4.66. The molecule has 0 aliphatic carbocycles. The molecule has 1 aromatic rings. The zero-order valence-corrected chi connectivity index (χ0v) is 12.5. The maximum Gasteiger partial charge on any atom is 0.573 e. The summed E-state index contributed by atoms with van der Waals surface area (Å²) < 4.78 is 41.4. The van der Waals surface area contributed by atoms with Crippen molar-refractivity contribution >= 4 is 11.8 Å². The van der Waals surface area contributed by atoms with Crippen LogP contribution < -0.4 is 10.1 Å². The lowest BCUT2D eigenvalue weighted by atomic mass is 10.1. The zero-order chi connectivity index (χ0) is 15.0. The van der Waals surface area contributed by atoms with Crippen LogP contribution in [-0.4, -0.2) is 24.4 Å². The van der Waals surface area contributed by atoms with E-state index in [0.717, 1.165) is 17.9 Å². The lowest BCUT2D eigenvalue weighted by Gasteiger charge is -2.21. The Balaban J connectivity index is 2.88. The van der Waals surface area contributed by atoms with Gasteiger partial charge in [-0.25, -0.2) is 0 Å². The second-order valence-corrected chi connectivity index (χ2v) is 5.42. The highest BCUT2D eigenvalue weighted by molar-refractivity contribution is 7.99. The van der Waals surface area contributed by atoms with Crippen LogP contribution in [-0.2, 0) is 0 Å². The van der Waals surface area contributed by atoms with Gasteiger partial charge in [-0.1, -0.05) is 32.0 Å². The number of alkyl halides is 3. The van der Waals surface area contributed by atoms with Crippen LogP contribution in [0.1, 0.15) is 31.9 Å². The van der Waals surface area contributed by atoms with Crippen molar-refractivity contribution in [3.63, 3.8) is 0 Å². The minimum absolute atomic E-state index is 0.122. The van der Waals surface area contributed by atoms with E-state index in [2.05, 4.69) is 17.0 Å². The van der Waals surface area contributed by atoms with Crippen LogP contribution in [0.4, 0.5) is 13.2 Å². The quantitative estimate of drug-likeness (QED) is 0.720. The summed E-state index contributed by atoms with van der Waals surface area (Å²) in [6, 6.07) is 6.17. The Hall–Kier alpha value is -0.880. The molecule has 0 aliphatic rings. The van der Waals surface area contributed by atoms with Crippen LogP contribution in [0.15, 0.2) is 24.3 Å². The van der Waals surface area contributed by atoms with Gasteiger partial charge in [-0.2, -0.15) is 11.8 Å². The lowest BCUT2D eigenvalue weighted by Crippen LogP contribution is -2.25. The molecule has 1 atom stereocenters. The Bertz CT molecular complexity index is 398. The van der Waals surface area contributed by atoms with Crippen LogP contribution in [0, 0.1) is 0 Å². The Morgan fingerprint density at radius 3 is 2.55 bits per heavy atom. The van der Waals surface area contributed by atoms with Crippen molar-refractivity contribution in [2.45, 2.75) is 32.7 Å². The van der Waals surface area contributed by atoms with Crippen LogP contribution in [0.3, 0.4) is 0 Å². The molecule has 1 aromatic carbocycles.